The molecule has 0 bridgehead atoms. The third kappa shape index (κ3) is 4.76. The first-order valence-corrected chi connectivity index (χ1v) is 8.96. The van der Waals surface area contributed by atoms with Crippen LogP contribution in [0.5, 0.6) is 0 Å². The number of nitrogens with two attached hydrogens (primary N) is 1. The van der Waals surface area contributed by atoms with Gasteiger partial charge in [0.15, 0.2) is 0 Å². The Kier molecular flexibility index (Phi) is 6.64. The number of carbonyl (C=O) groups excluding carboxylic acids is 1. The number of aryl methyl sites for hydroxylation is 1. The first-order valence-electron chi connectivity index (χ1n) is 8.58. The second-order valence-electron chi connectivity index (χ2n) is 6.33. The van der Waals surface area contributed by atoms with Crippen LogP contribution in [0.2, 0.25) is 5.02 Å². The molecule has 0 aliphatic carbocycles. The Hall–Kier alpha value is -2.53. The summed E-state index contributed by atoms with van der Waals surface area (Å²) < 4.78 is 0. The normalized spacial score (nSPS) is 11.2. The summed E-state index contributed by atoms with van der Waals surface area (Å²) in [4.78, 5) is 18.8. The van der Waals surface area contributed by atoms with Gasteiger partial charge in [-0.05, 0) is 56.2 Å². The number of anilines is 3. The zero-order valence-corrected chi connectivity index (χ0v) is 16.3. The van der Waals surface area contributed by atoms with Crippen molar-refractivity contribution in [1.82, 2.24) is 4.98 Å². The number of amides is 1. The molecule has 0 saturated carbocycles. The lowest BCUT2D eigenvalue weighted by molar-refractivity contribution is -0.111. The van der Waals surface area contributed by atoms with E-state index >= 15 is 0 Å². The summed E-state index contributed by atoms with van der Waals surface area (Å²) in [6, 6.07) is 7.54. The quantitative estimate of drug-likeness (QED) is 0.583. The largest absolute Gasteiger partial charge is 0.397 e. The van der Waals surface area contributed by atoms with Gasteiger partial charge in [0.1, 0.15) is 5.82 Å². The van der Waals surface area contributed by atoms with E-state index < -0.39 is 0 Å². The fourth-order valence-electron chi connectivity index (χ4n) is 2.43. The fourth-order valence-corrected chi connectivity index (χ4v) is 2.73. The summed E-state index contributed by atoms with van der Waals surface area (Å²) >= 11 is 6.20. The van der Waals surface area contributed by atoms with Crippen molar-refractivity contribution in [1.29, 1.82) is 0 Å². The number of carbonyl (C=O) groups is 1. The van der Waals surface area contributed by atoms with Crippen LogP contribution >= 0.6 is 11.6 Å². The molecule has 1 amide bonds. The molecule has 0 saturated heterocycles. The summed E-state index contributed by atoms with van der Waals surface area (Å²) in [6.07, 6.45) is 5.73. The van der Waals surface area contributed by atoms with Crippen molar-refractivity contribution in [3.05, 3.63) is 52.7 Å². The molecule has 1 heterocycles. The summed E-state index contributed by atoms with van der Waals surface area (Å²) in [5.41, 5.74) is 8.83. The smallest absolute Gasteiger partial charge is 0.248 e. The van der Waals surface area contributed by atoms with E-state index in [9.17, 15) is 4.79 Å². The van der Waals surface area contributed by atoms with Crippen molar-refractivity contribution in [2.45, 2.75) is 33.2 Å². The van der Waals surface area contributed by atoms with Gasteiger partial charge < -0.3 is 16.0 Å². The fraction of sp³-hybridized carbons (Fsp3) is 0.300. The van der Waals surface area contributed by atoms with E-state index in [4.69, 9.17) is 17.3 Å². The number of nitrogens with one attached hydrogen (secondary N) is 1. The molecule has 5 nitrogen and oxygen atoms in total. The van der Waals surface area contributed by atoms with Gasteiger partial charge >= 0.3 is 0 Å². The van der Waals surface area contributed by atoms with Gasteiger partial charge in [0, 0.05) is 35.9 Å². The van der Waals surface area contributed by atoms with Gasteiger partial charge in [-0.15, -0.1) is 0 Å². The Morgan fingerprint density at radius 3 is 2.81 bits per heavy atom. The number of hydrogen-bond donors (Lipinski definition) is 2. The van der Waals surface area contributed by atoms with Crippen LogP contribution in [0.4, 0.5) is 17.2 Å². The van der Waals surface area contributed by atoms with Gasteiger partial charge in [-0.2, -0.15) is 0 Å². The number of nitrogen functional groups attached to an aromatic ring is 1. The molecule has 6 heteroatoms. The summed E-state index contributed by atoms with van der Waals surface area (Å²) in [7, 11) is 1.97. The van der Waals surface area contributed by atoms with Crippen LogP contribution in [0.1, 0.15) is 31.9 Å². The SMILES string of the molecule is CCc1cc(N)c(NC(=O)/C=C/c2cccnc2N(C)C(C)C)cc1Cl. The van der Waals surface area contributed by atoms with E-state index in [1.54, 1.807) is 24.4 Å². The highest BCUT2D eigenvalue weighted by Crippen LogP contribution is 2.28. The molecule has 2 rings (SSSR count). The molecule has 0 fully saturated rings. The van der Waals surface area contributed by atoms with Gasteiger partial charge in [0.2, 0.25) is 5.91 Å². The highest BCUT2D eigenvalue weighted by atomic mass is 35.5. The van der Waals surface area contributed by atoms with Crippen molar-refractivity contribution in [3.8, 4) is 0 Å². The Labute approximate surface area is 159 Å². The molecule has 0 radical (unpaired) electrons. The number of nitrogens with zero attached hydrogens (tertiary/aromatic N) is 2. The minimum absolute atomic E-state index is 0.279. The van der Waals surface area contributed by atoms with E-state index in [0.717, 1.165) is 23.4 Å². The predicted octanol–water partition coefficient (Wildman–Crippen LogP) is 4.38. The lowest BCUT2D eigenvalue weighted by Gasteiger charge is -2.24. The Bertz CT molecular complexity index is 817. The van der Waals surface area contributed by atoms with Crippen molar-refractivity contribution in [2.24, 2.45) is 0 Å². The highest BCUT2D eigenvalue weighted by molar-refractivity contribution is 6.32. The minimum atomic E-state index is -0.279. The van der Waals surface area contributed by atoms with Crippen LogP contribution in [0.3, 0.4) is 0 Å². The second kappa shape index (κ2) is 8.72. The molecule has 2 aromatic rings. The van der Waals surface area contributed by atoms with Gasteiger partial charge in [0.05, 0.1) is 11.4 Å². The van der Waals surface area contributed by atoms with Crippen LogP contribution in [0, 0.1) is 0 Å². The summed E-state index contributed by atoms with van der Waals surface area (Å²) in [6.45, 7) is 6.17. The van der Waals surface area contributed by atoms with Gasteiger partial charge in [-0.3, -0.25) is 4.79 Å². The maximum Gasteiger partial charge on any atom is 0.248 e. The predicted molar refractivity (Wildman–Crippen MR) is 111 cm³/mol. The zero-order chi connectivity index (χ0) is 19.3. The molecule has 138 valence electrons. The van der Waals surface area contributed by atoms with Crippen molar-refractivity contribution >= 4 is 40.8 Å². The van der Waals surface area contributed by atoms with E-state index in [0.29, 0.717) is 22.4 Å². The van der Waals surface area contributed by atoms with Crippen LogP contribution in [0.15, 0.2) is 36.5 Å². The molecule has 0 spiro atoms. The second-order valence-corrected chi connectivity index (χ2v) is 6.74. The van der Waals surface area contributed by atoms with E-state index in [2.05, 4.69) is 29.0 Å². The lowest BCUT2D eigenvalue weighted by atomic mass is 10.1. The molecular weight excluding hydrogens is 348 g/mol. The summed E-state index contributed by atoms with van der Waals surface area (Å²) in [5, 5.41) is 3.37. The van der Waals surface area contributed by atoms with Crippen molar-refractivity contribution in [2.75, 3.05) is 23.0 Å². The molecule has 0 aliphatic heterocycles. The summed E-state index contributed by atoms with van der Waals surface area (Å²) in [5.74, 6) is 0.542. The Morgan fingerprint density at radius 2 is 2.15 bits per heavy atom. The first kappa shape index (κ1) is 19.8. The number of aromatic nitrogens is 1. The topological polar surface area (TPSA) is 71.2 Å². The molecule has 3 N–H and O–H groups in total. The Balaban J connectivity index is 2.18. The van der Waals surface area contributed by atoms with Crippen LogP contribution in [-0.4, -0.2) is 24.0 Å². The van der Waals surface area contributed by atoms with Gasteiger partial charge in [-0.1, -0.05) is 18.5 Å². The highest BCUT2D eigenvalue weighted by Gasteiger charge is 2.11. The molecular formula is C20H25ClN4O. The average molecular weight is 373 g/mol. The molecule has 0 aliphatic rings. The number of benzene rings is 1. The standard InChI is InChI=1S/C20H25ClN4O/c1-5-14-11-17(22)18(12-16(14)21)24-19(26)9-8-15-7-6-10-23-20(15)25(4)13(2)3/h6-13H,5,22H2,1-4H3,(H,24,26)/b9-8+. The van der Waals surface area contributed by atoms with E-state index in [1.165, 1.54) is 6.08 Å². The molecule has 1 aromatic heterocycles. The number of hydrogen-bond acceptors (Lipinski definition) is 4. The van der Waals surface area contributed by atoms with Crippen molar-refractivity contribution in [3.63, 3.8) is 0 Å². The molecule has 1 aromatic carbocycles. The molecule has 0 atom stereocenters. The van der Waals surface area contributed by atoms with E-state index in [1.807, 2.05) is 26.1 Å². The molecule has 26 heavy (non-hydrogen) atoms. The van der Waals surface area contributed by atoms with Crippen LogP contribution in [0.25, 0.3) is 6.08 Å². The van der Waals surface area contributed by atoms with Crippen LogP contribution < -0.4 is 16.0 Å². The third-order valence-corrected chi connectivity index (χ3v) is 4.55. The van der Waals surface area contributed by atoms with Gasteiger partial charge in [-0.25, -0.2) is 4.98 Å². The molecule has 0 unspecified atom stereocenters. The monoisotopic (exact) mass is 372 g/mol. The van der Waals surface area contributed by atoms with Crippen LogP contribution in [-0.2, 0) is 11.2 Å². The van der Waals surface area contributed by atoms with Crippen molar-refractivity contribution < 1.29 is 4.79 Å². The maximum absolute atomic E-state index is 12.3. The van der Waals surface area contributed by atoms with Gasteiger partial charge in [0.25, 0.3) is 0 Å². The zero-order valence-electron chi connectivity index (χ0n) is 15.6. The number of rotatable bonds is 6. The number of halogens is 1. The maximum atomic E-state index is 12.3. The van der Waals surface area contributed by atoms with E-state index in [-0.39, 0.29) is 5.91 Å². The third-order valence-electron chi connectivity index (χ3n) is 4.20. The minimum Gasteiger partial charge on any atom is -0.397 e. The average Bonchev–Trinajstić information content (AvgIpc) is 2.62. The number of pyridine rings is 1. The Morgan fingerprint density at radius 1 is 1.42 bits per heavy atom. The lowest BCUT2D eigenvalue weighted by Crippen LogP contribution is -2.27. The first-order chi connectivity index (χ1) is 12.3.